The van der Waals surface area contributed by atoms with Gasteiger partial charge in [0.05, 0.1) is 0 Å². The van der Waals surface area contributed by atoms with Gasteiger partial charge < -0.3 is 10.1 Å². The van der Waals surface area contributed by atoms with Crippen molar-refractivity contribution in [1.29, 1.82) is 0 Å². The Morgan fingerprint density at radius 3 is 2.56 bits per heavy atom. The second-order valence-electron chi connectivity index (χ2n) is 6.30. The van der Waals surface area contributed by atoms with Gasteiger partial charge in [0.2, 0.25) is 0 Å². The Kier molecular flexibility index (Phi) is 5.03. The van der Waals surface area contributed by atoms with Crippen LogP contribution in [-0.4, -0.2) is 12.0 Å². The summed E-state index contributed by atoms with van der Waals surface area (Å²) in [5.74, 6) is 0.614. The Morgan fingerprint density at radius 1 is 1.04 bits per heavy atom. The van der Waals surface area contributed by atoms with Crippen LogP contribution in [0.5, 0.6) is 5.75 Å². The molecule has 3 heteroatoms. The van der Waals surface area contributed by atoms with E-state index in [0.29, 0.717) is 6.42 Å². The summed E-state index contributed by atoms with van der Waals surface area (Å²) in [6, 6.07) is 19.9. The van der Waals surface area contributed by atoms with Crippen molar-refractivity contribution in [3.8, 4) is 5.75 Å². The minimum atomic E-state index is -0.536. The Morgan fingerprint density at radius 2 is 1.80 bits per heavy atom. The molecule has 0 spiro atoms. The standard InChI is InChI=1S/C22H23NO2/c1-4-20(22(24)23-19-13-12-15(2)14-16(19)3)25-21-11-7-9-17-8-5-6-10-18(17)21/h5-14,20H,4H2,1-3H3,(H,23,24)/t20-/m1/s1. The zero-order valence-electron chi connectivity index (χ0n) is 14.9. The van der Waals surface area contributed by atoms with Gasteiger partial charge in [-0.2, -0.15) is 0 Å². The lowest BCUT2D eigenvalue weighted by atomic mass is 10.1. The van der Waals surface area contributed by atoms with Crippen molar-refractivity contribution in [2.45, 2.75) is 33.3 Å². The van der Waals surface area contributed by atoms with E-state index in [1.54, 1.807) is 0 Å². The summed E-state index contributed by atoms with van der Waals surface area (Å²) in [5.41, 5.74) is 3.05. The molecular weight excluding hydrogens is 310 g/mol. The number of fused-ring (bicyclic) bond motifs is 1. The van der Waals surface area contributed by atoms with Gasteiger partial charge in [0, 0.05) is 11.1 Å². The lowest BCUT2D eigenvalue weighted by Crippen LogP contribution is -2.32. The monoisotopic (exact) mass is 333 g/mol. The molecule has 0 unspecified atom stereocenters. The minimum Gasteiger partial charge on any atom is -0.480 e. The summed E-state index contributed by atoms with van der Waals surface area (Å²) in [6.07, 6.45) is 0.0615. The normalized spacial score (nSPS) is 12.0. The lowest BCUT2D eigenvalue weighted by molar-refractivity contribution is -0.122. The highest BCUT2D eigenvalue weighted by Gasteiger charge is 2.20. The molecule has 3 rings (SSSR count). The fourth-order valence-corrected chi connectivity index (χ4v) is 2.94. The second-order valence-corrected chi connectivity index (χ2v) is 6.30. The quantitative estimate of drug-likeness (QED) is 0.692. The predicted molar refractivity (Wildman–Crippen MR) is 103 cm³/mol. The van der Waals surface area contributed by atoms with Crippen LogP contribution in [0.15, 0.2) is 60.7 Å². The number of ether oxygens (including phenoxy) is 1. The van der Waals surface area contributed by atoms with Gasteiger partial charge in [-0.1, -0.05) is 61.0 Å². The van der Waals surface area contributed by atoms with Crippen LogP contribution in [0.25, 0.3) is 10.8 Å². The molecule has 0 aromatic heterocycles. The van der Waals surface area contributed by atoms with Crippen molar-refractivity contribution in [2.24, 2.45) is 0 Å². The van der Waals surface area contributed by atoms with E-state index in [9.17, 15) is 4.79 Å². The number of nitrogens with one attached hydrogen (secondary N) is 1. The molecule has 128 valence electrons. The third kappa shape index (κ3) is 3.82. The van der Waals surface area contributed by atoms with Gasteiger partial charge in [-0.15, -0.1) is 0 Å². The number of hydrogen-bond acceptors (Lipinski definition) is 2. The van der Waals surface area contributed by atoms with E-state index in [4.69, 9.17) is 4.74 Å². The lowest BCUT2D eigenvalue weighted by Gasteiger charge is -2.19. The van der Waals surface area contributed by atoms with Crippen molar-refractivity contribution in [1.82, 2.24) is 0 Å². The number of amides is 1. The third-order valence-corrected chi connectivity index (χ3v) is 4.32. The third-order valence-electron chi connectivity index (χ3n) is 4.32. The Balaban J connectivity index is 1.80. The Hall–Kier alpha value is -2.81. The number of benzene rings is 3. The van der Waals surface area contributed by atoms with Crippen molar-refractivity contribution in [2.75, 3.05) is 5.32 Å². The SMILES string of the molecule is CC[C@@H](Oc1cccc2ccccc12)C(=O)Nc1ccc(C)cc1C. The number of carbonyl (C=O) groups is 1. The molecule has 0 saturated carbocycles. The van der Waals surface area contributed by atoms with E-state index in [1.165, 1.54) is 5.56 Å². The van der Waals surface area contributed by atoms with Gasteiger partial charge in [0.25, 0.3) is 5.91 Å². The largest absolute Gasteiger partial charge is 0.480 e. The minimum absolute atomic E-state index is 0.123. The maximum atomic E-state index is 12.7. The van der Waals surface area contributed by atoms with Crippen LogP contribution in [0.1, 0.15) is 24.5 Å². The van der Waals surface area contributed by atoms with Crippen molar-refractivity contribution >= 4 is 22.4 Å². The molecule has 0 saturated heterocycles. The maximum Gasteiger partial charge on any atom is 0.265 e. The van der Waals surface area contributed by atoms with Crippen LogP contribution in [0.4, 0.5) is 5.69 Å². The Labute approximate surface area is 148 Å². The predicted octanol–water partition coefficient (Wildman–Crippen LogP) is 5.25. The van der Waals surface area contributed by atoms with Gasteiger partial charge >= 0.3 is 0 Å². The molecule has 3 aromatic rings. The number of hydrogen-bond donors (Lipinski definition) is 1. The van der Waals surface area contributed by atoms with E-state index in [2.05, 4.69) is 11.4 Å². The molecule has 1 amide bonds. The van der Waals surface area contributed by atoms with Gasteiger partial charge in [-0.25, -0.2) is 0 Å². The summed E-state index contributed by atoms with van der Waals surface area (Å²) in [4.78, 5) is 12.7. The highest BCUT2D eigenvalue weighted by molar-refractivity contribution is 5.95. The molecule has 1 N–H and O–H groups in total. The first kappa shape index (κ1) is 17.0. The second kappa shape index (κ2) is 7.39. The molecule has 0 bridgehead atoms. The number of anilines is 1. The fourth-order valence-electron chi connectivity index (χ4n) is 2.94. The molecule has 0 aliphatic carbocycles. The first-order chi connectivity index (χ1) is 12.1. The number of carbonyl (C=O) groups excluding carboxylic acids is 1. The summed E-state index contributed by atoms with van der Waals surface area (Å²) in [5, 5.41) is 5.11. The number of rotatable bonds is 5. The summed E-state index contributed by atoms with van der Waals surface area (Å²) in [7, 11) is 0. The van der Waals surface area contributed by atoms with Gasteiger partial charge in [0.1, 0.15) is 5.75 Å². The molecule has 3 aromatic carbocycles. The molecule has 0 aliphatic rings. The van der Waals surface area contributed by atoms with E-state index < -0.39 is 6.10 Å². The van der Waals surface area contributed by atoms with Gasteiger partial charge in [-0.3, -0.25) is 4.79 Å². The van der Waals surface area contributed by atoms with E-state index in [1.807, 2.05) is 75.4 Å². The van der Waals surface area contributed by atoms with Crippen LogP contribution < -0.4 is 10.1 Å². The van der Waals surface area contributed by atoms with E-state index in [-0.39, 0.29) is 5.91 Å². The van der Waals surface area contributed by atoms with Crippen LogP contribution in [0.2, 0.25) is 0 Å². The molecule has 1 atom stereocenters. The van der Waals surface area contributed by atoms with Crippen LogP contribution >= 0.6 is 0 Å². The molecule has 0 heterocycles. The summed E-state index contributed by atoms with van der Waals surface area (Å²) in [6.45, 7) is 5.99. The van der Waals surface area contributed by atoms with Crippen LogP contribution in [-0.2, 0) is 4.79 Å². The average Bonchev–Trinajstić information content (AvgIpc) is 2.62. The van der Waals surface area contributed by atoms with Crippen molar-refractivity contribution < 1.29 is 9.53 Å². The molecule has 3 nitrogen and oxygen atoms in total. The zero-order valence-corrected chi connectivity index (χ0v) is 14.9. The maximum absolute atomic E-state index is 12.7. The molecule has 25 heavy (non-hydrogen) atoms. The molecule has 0 fully saturated rings. The Bertz CT molecular complexity index is 896. The van der Waals surface area contributed by atoms with Crippen LogP contribution in [0.3, 0.4) is 0 Å². The first-order valence-corrected chi connectivity index (χ1v) is 8.61. The number of aryl methyl sites for hydroxylation is 2. The topological polar surface area (TPSA) is 38.3 Å². The molecule has 0 aliphatic heterocycles. The molecule has 0 radical (unpaired) electrons. The van der Waals surface area contributed by atoms with Crippen molar-refractivity contribution in [3.63, 3.8) is 0 Å². The fraction of sp³-hybridized carbons (Fsp3) is 0.227. The average molecular weight is 333 g/mol. The van der Waals surface area contributed by atoms with Crippen molar-refractivity contribution in [3.05, 3.63) is 71.8 Å². The first-order valence-electron chi connectivity index (χ1n) is 8.61. The van der Waals surface area contributed by atoms with Gasteiger partial charge in [0.15, 0.2) is 6.10 Å². The van der Waals surface area contributed by atoms with E-state index >= 15 is 0 Å². The summed E-state index contributed by atoms with van der Waals surface area (Å²) >= 11 is 0. The zero-order chi connectivity index (χ0) is 17.8. The van der Waals surface area contributed by atoms with E-state index in [0.717, 1.165) is 27.8 Å². The van der Waals surface area contributed by atoms with Gasteiger partial charge in [-0.05, 0) is 43.4 Å². The highest BCUT2D eigenvalue weighted by Crippen LogP contribution is 2.27. The highest BCUT2D eigenvalue weighted by atomic mass is 16.5. The smallest absolute Gasteiger partial charge is 0.265 e. The van der Waals surface area contributed by atoms with Crippen LogP contribution in [0, 0.1) is 13.8 Å². The summed E-state index contributed by atoms with van der Waals surface area (Å²) < 4.78 is 6.06. The molecular formula is C22H23NO2.